The van der Waals surface area contributed by atoms with E-state index in [0.29, 0.717) is 30.2 Å². The summed E-state index contributed by atoms with van der Waals surface area (Å²) in [7, 11) is 0.182. The number of ether oxygens (including phenoxy) is 3. The van der Waals surface area contributed by atoms with Gasteiger partial charge in [0.25, 0.3) is 10.0 Å². The lowest BCUT2D eigenvalue weighted by Crippen LogP contribution is -2.52. The predicted octanol–water partition coefficient (Wildman–Crippen LogP) is 4.63. The zero-order chi connectivity index (χ0) is 31.4. The highest BCUT2D eigenvalue weighted by Gasteiger charge is 2.34. The summed E-state index contributed by atoms with van der Waals surface area (Å²) in [5, 5.41) is 2.93. The Kier molecular flexibility index (Phi) is 12.2. The number of rotatable bonds is 16. The molecule has 43 heavy (non-hydrogen) atoms. The number of sulfonamides is 1. The lowest BCUT2D eigenvalue weighted by molar-refractivity contribution is -0.140. The fourth-order valence-corrected chi connectivity index (χ4v) is 6.01. The maximum atomic E-state index is 14.2. The van der Waals surface area contributed by atoms with Crippen molar-refractivity contribution >= 4 is 27.5 Å². The Morgan fingerprint density at radius 2 is 1.53 bits per heavy atom. The first-order valence-electron chi connectivity index (χ1n) is 14.2. The van der Waals surface area contributed by atoms with Gasteiger partial charge in [0.1, 0.15) is 18.3 Å². The van der Waals surface area contributed by atoms with E-state index in [0.717, 1.165) is 22.7 Å². The number of unbranched alkanes of at least 4 members (excludes halogenated alkanes) is 1. The zero-order valence-electron chi connectivity index (χ0n) is 25.4. The molecule has 232 valence electrons. The number of para-hydroxylation sites is 1. The Labute approximate surface area is 254 Å². The van der Waals surface area contributed by atoms with E-state index >= 15 is 0 Å². The van der Waals surface area contributed by atoms with Crippen molar-refractivity contribution in [3.63, 3.8) is 0 Å². The van der Waals surface area contributed by atoms with Crippen LogP contribution in [0.2, 0.25) is 0 Å². The van der Waals surface area contributed by atoms with Crippen LogP contribution in [0.25, 0.3) is 0 Å². The molecule has 0 saturated carbocycles. The van der Waals surface area contributed by atoms with Crippen molar-refractivity contribution in [2.45, 2.75) is 50.6 Å². The van der Waals surface area contributed by atoms with E-state index in [1.165, 1.54) is 37.3 Å². The Hall–Kier alpha value is -4.25. The SMILES string of the molecule is CCCCNC(=O)[C@H](CC)N(Cc1ccc(OC)cc1)C(=O)CN(c1ccccc1)S(=O)(=O)c1ccc(OC)c(OC)c1. The molecule has 0 aliphatic heterocycles. The quantitative estimate of drug-likeness (QED) is 0.235. The van der Waals surface area contributed by atoms with E-state index in [9.17, 15) is 18.0 Å². The van der Waals surface area contributed by atoms with Crippen LogP contribution in [0.15, 0.2) is 77.7 Å². The lowest BCUT2D eigenvalue weighted by atomic mass is 10.1. The Morgan fingerprint density at radius 1 is 0.860 bits per heavy atom. The van der Waals surface area contributed by atoms with Crippen LogP contribution in [0.3, 0.4) is 0 Å². The normalized spacial score (nSPS) is 11.7. The molecule has 3 aromatic carbocycles. The van der Waals surface area contributed by atoms with E-state index in [2.05, 4.69) is 5.32 Å². The number of benzene rings is 3. The zero-order valence-corrected chi connectivity index (χ0v) is 26.2. The standard InChI is InChI=1S/C32H41N3O7S/c1-6-8-20-33-32(37)28(7-2)34(22-24-14-16-26(40-3)17-15-24)31(36)23-35(25-12-10-9-11-13-25)43(38,39)27-18-19-29(41-4)30(21-27)42-5/h9-19,21,28H,6-8,20,22-23H2,1-5H3,(H,33,37)/t28-/m0/s1. The van der Waals surface area contributed by atoms with Crippen molar-refractivity contribution in [3.05, 3.63) is 78.4 Å². The van der Waals surface area contributed by atoms with Crippen LogP contribution >= 0.6 is 0 Å². The number of hydrogen-bond acceptors (Lipinski definition) is 7. The minimum atomic E-state index is -4.26. The molecular formula is C32H41N3O7S. The molecule has 1 atom stereocenters. The molecule has 0 aliphatic carbocycles. The average molecular weight is 612 g/mol. The molecule has 3 rings (SSSR count). The van der Waals surface area contributed by atoms with Crippen molar-refractivity contribution in [2.75, 3.05) is 38.7 Å². The number of carbonyl (C=O) groups is 2. The van der Waals surface area contributed by atoms with Crippen LogP contribution in [0.1, 0.15) is 38.7 Å². The molecule has 10 nitrogen and oxygen atoms in total. The number of nitrogens with one attached hydrogen (secondary N) is 1. The summed E-state index contributed by atoms with van der Waals surface area (Å²) in [5.74, 6) is 0.448. The molecule has 11 heteroatoms. The molecule has 0 saturated heterocycles. The minimum Gasteiger partial charge on any atom is -0.497 e. The van der Waals surface area contributed by atoms with Gasteiger partial charge in [0, 0.05) is 19.2 Å². The van der Waals surface area contributed by atoms with E-state index in [4.69, 9.17) is 14.2 Å². The monoisotopic (exact) mass is 611 g/mol. The molecule has 0 fully saturated rings. The van der Waals surface area contributed by atoms with Gasteiger partial charge in [-0.05, 0) is 54.8 Å². The van der Waals surface area contributed by atoms with Gasteiger partial charge in [-0.15, -0.1) is 0 Å². The first-order valence-corrected chi connectivity index (χ1v) is 15.6. The smallest absolute Gasteiger partial charge is 0.264 e. The topological polar surface area (TPSA) is 114 Å². The molecule has 0 aromatic heterocycles. The third-order valence-electron chi connectivity index (χ3n) is 6.99. The van der Waals surface area contributed by atoms with Crippen LogP contribution in [0.5, 0.6) is 17.2 Å². The van der Waals surface area contributed by atoms with Gasteiger partial charge in [-0.3, -0.25) is 13.9 Å². The highest BCUT2D eigenvalue weighted by atomic mass is 32.2. The summed E-state index contributed by atoms with van der Waals surface area (Å²) in [6, 6.07) is 19.0. The van der Waals surface area contributed by atoms with Crippen molar-refractivity contribution in [3.8, 4) is 17.2 Å². The predicted molar refractivity (Wildman–Crippen MR) is 166 cm³/mol. The number of carbonyl (C=O) groups excluding carboxylic acids is 2. The van der Waals surface area contributed by atoms with Gasteiger partial charge in [-0.25, -0.2) is 8.42 Å². The second-order valence-electron chi connectivity index (χ2n) is 9.80. The highest BCUT2D eigenvalue weighted by molar-refractivity contribution is 7.92. The molecule has 0 radical (unpaired) electrons. The number of hydrogen-bond donors (Lipinski definition) is 1. The van der Waals surface area contributed by atoms with E-state index in [-0.39, 0.29) is 23.1 Å². The Morgan fingerprint density at radius 3 is 2.12 bits per heavy atom. The first-order chi connectivity index (χ1) is 20.7. The van der Waals surface area contributed by atoms with E-state index in [1.807, 2.05) is 26.0 Å². The fourth-order valence-electron chi connectivity index (χ4n) is 4.58. The van der Waals surface area contributed by atoms with Gasteiger partial charge >= 0.3 is 0 Å². The van der Waals surface area contributed by atoms with Crippen LogP contribution < -0.4 is 23.8 Å². The van der Waals surface area contributed by atoms with Crippen LogP contribution in [-0.2, 0) is 26.2 Å². The number of methoxy groups -OCH3 is 3. The Bertz CT molecular complexity index is 1450. The van der Waals surface area contributed by atoms with E-state index in [1.54, 1.807) is 49.6 Å². The summed E-state index contributed by atoms with van der Waals surface area (Å²) >= 11 is 0. The van der Waals surface area contributed by atoms with Crippen molar-refractivity contribution < 1.29 is 32.2 Å². The molecule has 0 bridgehead atoms. The summed E-state index contributed by atoms with van der Waals surface area (Å²) < 4.78 is 45.1. The molecule has 0 heterocycles. The van der Waals surface area contributed by atoms with Crippen LogP contribution in [0.4, 0.5) is 5.69 Å². The highest BCUT2D eigenvalue weighted by Crippen LogP contribution is 2.32. The average Bonchev–Trinajstić information content (AvgIpc) is 3.03. The van der Waals surface area contributed by atoms with Crippen LogP contribution in [0, 0.1) is 0 Å². The largest absolute Gasteiger partial charge is 0.497 e. The second-order valence-corrected chi connectivity index (χ2v) is 11.7. The molecule has 1 N–H and O–H groups in total. The molecule has 0 unspecified atom stereocenters. The van der Waals surface area contributed by atoms with Gasteiger partial charge < -0.3 is 24.4 Å². The molecular weight excluding hydrogens is 570 g/mol. The lowest BCUT2D eigenvalue weighted by Gasteiger charge is -2.33. The number of nitrogens with zero attached hydrogens (tertiary/aromatic N) is 2. The van der Waals surface area contributed by atoms with Crippen LogP contribution in [-0.4, -0.2) is 65.6 Å². The second kappa shape index (κ2) is 15.8. The number of anilines is 1. The van der Waals surface area contributed by atoms with Gasteiger partial charge in [-0.2, -0.15) is 0 Å². The van der Waals surface area contributed by atoms with Gasteiger partial charge in [0.2, 0.25) is 11.8 Å². The third-order valence-corrected chi connectivity index (χ3v) is 8.76. The maximum Gasteiger partial charge on any atom is 0.264 e. The van der Waals surface area contributed by atoms with Crippen molar-refractivity contribution in [1.29, 1.82) is 0 Å². The molecule has 3 aromatic rings. The van der Waals surface area contributed by atoms with Crippen molar-refractivity contribution in [1.82, 2.24) is 10.2 Å². The molecule has 0 aliphatic rings. The van der Waals surface area contributed by atoms with Gasteiger partial charge in [0.15, 0.2) is 11.5 Å². The van der Waals surface area contributed by atoms with Crippen molar-refractivity contribution in [2.24, 2.45) is 0 Å². The number of amides is 2. The fraction of sp³-hybridized carbons (Fsp3) is 0.375. The minimum absolute atomic E-state index is 0.0761. The van der Waals surface area contributed by atoms with Gasteiger partial charge in [-0.1, -0.05) is 50.6 Å². The maximum absolute atomic E-state index is 14.2. The van der Waals surface area contributed by atoms with Gasteiger partial charge in [0.05, 0.1) is 31.9 Å². The molecule has 2 amide bonds. The summed E-state index contributed by atoms with van der Waals surface area (Å²) in [6.45, 7) is 3.91. The summed E-state index contributed by atoms with van der Waals surface area (Å²) in [6.07, 6.45) is 2.05. The molecule has 0 spiro atoms. The third kappa shape index (κ3) is 8.41. The first kappa shape index (κ1) is 33.3. The summed E-state index contributed by atoms with van der Waals surface area (Å²) in [4.78, 5) is 28.8. The van der Waals surface area contributed by atoms with E-state index < -0.39 is 28.5 Å². The Balaban J connectivity index is 2.04. The summed E-state index contributed by atoms with van der Waals surface area (Å²) in [5.41, 5.74) is 1.07.